The van der Waals surface area contributed by atoms with Gasteiger partial charge in [0, 0.05) is 12.1 Å². The van der Waals surface area contributed by atoms with E-state index in [1.807, 2.05) is 0 Å². The van der Waals surface area contributed by atoms with Crippen LogP contribution in [-0.4, -0.2) is 20.9 Å². The summed E-state index contributed by atoms with van der Waals surface area (Å²) >= 11 is 0. The summed E-state index contributed by atoms with van der Waals surface area (Å²) in [6.07, 6.45) is 0.426. The first-order valence-corrected chi connectivity index (χ1v) is 10.7. The summed E-state index contributed by atoms with van der Waals surface area (Å²) in [5.41, 5.74) is 1.32. The van der Waals surface area contributed by atoms with Crippen molar-refractivity contribution in [3.05, 3.63) is 95.1 Å². The van der Waals surface area contributed by atoms with Gasteiger partial charge in [0.1, 0.15) is 11.6 Å². The Bertz CT molecular complexity index is 1180. The van der Waals surface area contributed by atoms with Crippen molar-refractivity contribution in [2.75, 3.05) is 11.3 Å². The fraction of sp³-hybridized carbons (Fsp3) is 0.136. The smallest absolute Gasteiger partial charge is 0.262 e. The molecule has 0 saturated carbocycles. The van der Waals surface area contributed by atoms with Crippen molar-refractivity contribution >= 4 is 21.6 Å². The Morgan fingerprint density at radius 2 is 1.73 bits per heavy atom. The average Bonchev–Trinajstić information content (AvgIpc) is 2.70. The van der Waals surface area contributed by atoms with Gasteiger partial charge in [0.25, 0.3) is 15.9 Å². The first kappa shape index (κ1) is 21.4. The molecule has 0 fully saturated rings. The normalized spacial score (nSPS) is 11.2. The molecule has 0 aliphatic heterocycles. The fourth-order valence-electron chi connectivity index (χ4n) is 2.87. The maximum atomic E-state index is 13.8. The summed E-state index contributed by atoms with van der Waals surface area (Å²) in [5, 5.41) is 2.71. The molecule has 8 heteroatoms. The highest BCUT2D eigenvalue weighted by Crippen LogP contribution is 2.21. The van der Waals surface area contributed by atoms with Gasteiger partial charge in [0.15, 0.2) is 0 Å². The molecule has 0 atom stereocenters. The summed E-state index contributed by atoms with van der Waals surface area (Å²) < 4.78 is 54.5. The van der Waals surface area contributed by atoms with Gasteiger partial charge in [-0.3, -0.25) is 9.52 Å². The molecule has 1 amide bonds. The Balaban J connectivity index is 1.74. The van der Waals surface area contributed by atoms with Crippen LogP contribution < -0.4 is 10.0 Å². The number of sulfonamides is 1. The summed E-state index contributed by atoms with van der Waals surface area (Å²) in [7, 11) is -4.09. The fourth-order valence-corrected chi connectivity index (χ4v) is 3.96. The first-order chi connectivity index (χ1) is 14.3. The van der Waals surface area contributed by atoms with Crippen LogP contribution in [0.4, 0.5) is 14.5 Å². The van der Waals surface area contributed by atoms with E-state index in [1.165, 1.54) is 48.5 Å². The first-order valence-electron chi connectivity index (χ1n) is 9.17. The Morgan fingerprint density at radius 1 is 0.967 bits per heavy atom. The molecular formula is C22H20F2N2O3S. The second-order valence-electron chi connectivity index (χ2n) is 6.70. The zero-order chi connectivity index (χ0) is 21.7. The summed E-state index contributed by atoms with van der Waals surface area (Å²) in [6, 6.07) is 15.6. The Labute approximate surface area is 173 Å². The lowest BCUT2D eigenvalue weighted by Gasteiger charge is -2.12. The second-order valence-corrected chi connectivity index (χ2v) is 8.38. The van der Waals surface area contributed by atoms with Crippen molar-refractivity contribution in [2.45, 2.75) is 18.2 Å². The molecule has 0 spiro atoms. The highest BCUT2D eigenvalue weighted by Gasteiger charge is 2.19. The standard InChI is InChI=1S/C22H20F2N2O3S/c1-15-9-10-18(30(28,29)26-21-8-3-2-7-20(21)24)14-19(15)22(27)25-12-11-16-5-4-6-17(23)13-16/h2-10,13-14,26H,11-12H2,1H3,(H,25,27). The Kier molecular flexibility index (Phi) is 6.47. The number of anilines is 1. The van der Waals surface area contributed by atoms with E-state index in [-0.39, 0.29) is 28.5 Å². The number of carbonyl (C=O) groups excluding carboxylic acids is 1. The molecule has 156 valence electrons. The third kappa shape index (κ3) is 5.21. The number of carbonyl (C=O) groups is 1. The predicted molar refractivity (Wildman–Crippen MR) is 111 cm³/mol. The lowest BCUT2D eigenvalue weighted by atomic mass is 10.1. The molecule has 3 aromatic carbocycles. The zero-order valence-corrected chi connectivity index (χ0v) is 17.0. The highest BCUT2D eigenvalue weighted by atomic mass is 32.2. The number of para-hydroxylation sites is 1. The Hall–Kier alpha value is -3.26. The van der Waals surface area contributed by atoms with Crippen LogP contribution in [0.25, 0.3) is 0 Å². The minimum atomic E-state index is -4.09. The van der Waals surface area contributed by atoms with Gasteiger partial charge in [-0.15, -0.1) is 0 Å². The van der Waals surface area contributed by atoms with E-state index in [0.29, 0.717) is 12.0 Å². The number of aryl methyl sites for hydroxylation is 1. The molecule has 0 aliphatic carbocycles. The molecule has 0 saturated heterocycles. The van der Waals surface area contributed by atoms with Crippen molar-refractivity contribution in [3.63, 3.8) is 0 Å². The third-order valence-electron chi connectivity index (χ3n) is 4.47. The number of hydrogen-bond donors (Lipinski definition) is 2. The zero-order valence-electron chi connectivity index (χ0n) is 16.2. The van der Waals surface area contributed by atoms with E-state index in [2.05, 4.69) is 10.0 Å². The summed E-state index contributed by atoms with van der Waals surface area (Å²) in [4.78, 5) is 12.4. The van der Waals surface area contributed by atoms with Crippen LogP contribution in [0.3, 0.4) is 0 Å². The van der Waals surface area contributed by atoms with Crippen molar-refractivity contribution < 1.29 is 22.0 Å². The van der Waals surface area contributed by atoms with Gasteiger partial charge in [-0.2, -0.15) is 0 Å². The van der Waals surface area contributed by atoms with Crippen LogP contribution >= 0.6 is 0 Å². The van der Waals surface area contributed by atoms with Crippen LogP contribution in [-0.2, 0) is 16.4 Å². The quantitative estimate of drug-likeness (QED) is 0.594. The van der Waals surface area contributed by atoms with Crippen molar-refractivity contribution in [1.82, 2.24) is 5.32 Å². The number of amides is 1. The molecule has 0 bridgehead atoms. The maximum Gasteiger partial charge on any atom is 0.262 e. The number of benzene rings is 3. The van der Waals surface area contributed by atoms with Crippen molar-refractivity contribution in [1.29, 1.82) is 0 Å². The largest absolute Gasteiger partial charge is 0.352 e. The molecule has 0 radical (unpaired) electrons. The van der Waals surface area contributed by atoms with Crippen LogP contribution in [0.2, 0.25) is 0 Å². The van der Waals surface area contributed by atoms with Crippen LogP contribution in [0.15, 0.2) is 71.6 Å². The molecule has 3 rings (SSSR count). The number of hydrogen-bond acceptors (Lipinski definition) is 3. The molecule has 2 N–H and O–H groups in total. The van der Waals surface area contributed by atoms with Gasteiger partial charge >= 0.3 is 0 Å². The summed E-state index contributed by atoms with van der Waals surface area (Å²) in [6.45, 7) is 1.94. The molecule has 0 heterocycles. The lowest BCUT2D eigenvalue weighted by molar-refractivity contribution is 0.0953. The van der Waals surface area contributed by atoms with Gasteiger partial charge in [-0.1, -0.05) is 30.3 Å². The van der Waals surface area contributed by atoms with Crippen molar-refractivity contribution in [2.24, 2.45) is 0 Å². The maximum absolute atomic E-state index is 13.8. The van der Waals surface area contributed by atoms with Gasteiger partial charge in [-0.25, -0.2) is 17.2 Å². The van der Waals surface area contributed by atoms with Gasteiger partial charge < -0.3 is 5.32 Å². The highest BCUT2D eigenvalue weighted by molar-refractivity contribution is 7.92. The third-order valence-corrected chi connectivity index (χ3v) is 5.83. The molecular weight excluding hydrogens is 410 g/mol. The minimum absolute atomic E-state index is 0.161. The molecule has 5 nitrogen and oxygen atoms in total. The Morgan fingerprint density at radius 3 is 2.47 bits per heavy atom. The summed E-state index contributed by atoms with van der Waals surface area (Å²) in [5.74, 6) is -1.51. The van der Waals surface area contributed by atoms with E-state index in [0.717, 1.165) is 11.6 Å². The van der Waals surface area contributed by atoms with Crippen LogP contribution in [0.1, 0.15) is 21.5 Å². The molecule has 0 aromatic heterocycles. The lowest BCUT2D eigenvalue weighted by Crippen LogP contribution is -2.27. The average molecular weight is 430 g/mol. The molecule has 3 aromatic rings. The van der Waals surface area contributed by atoms with Gasteiger partial charge in [-0.05, 0) is 60.9 Å². The van der Waals surface area contributed by atoms with Crippen LogP contribution in [0.5, 0.6) is 0 Å². The molecule has 30 heavy (non-hydrogen) atoms. The second kappa shape index (κ2) is 9.04. The molecule has 0 unspecified atom stereocenters. The minimum Gasteiger partial charge on any atom is -0.352 e. The van der Waals surface area contributed by atoms with Crippen LogP contribution in [0, 0.1) is 18.6 Å². The van der Waals surface area contributed by atoms with E-state index in [1.54, 1.807) is 19.1 Å². The number of rotatable bonds is 7. The predicted octanol–water partition coefficient (Wildman–Crippen LogP) is 4.05. The number of halogens is 2. The van der Waals surface area contributed by atoms with E-state index in [9.17, 15) is 22.0 Å². The number of nitrogens with one attached hydrogen (secondary N) is 2. The van der Waals surface area contributed by atoms with Gasteiger partial charge in [0.2, 0.25) is 0 Å². The van der Waals surface area contributed by atoms with E-state index >= 15 is 0 Å². The molecule has 0 aliphatic rings. The van der Waals surface area contributed by atoms with Gasteiger partial charge in [0.05, 0.1) is 10.6 Å². The monoisotopic (exact) mass is 430 g/mol. The van der Waals surface area contributed by atoms with Crippen molar-refractivity contribution in [3.8, 4) is 0 Å². The van der Waals surface area contributed by atoms with E-state index < -0.39 is 21.7 Å². The topological polar surface area (TPSA) is 75.3 Å². The SMILES string of the molecule is Cc1ccc(S(=O)(=O)Nc2ccccc2F)cc1C(=O)NCCc1cccc(F)c1. The van der Waals surface area contributed by atoms with E-state index in [4.69, 9.17) is 0 Å².